The van der Waals surface area contributed by atoms with Crippen LogP contribution in [0.3, 0.4) is 0 Å². The zero-order valence-corrected chi connectivity index (χ0v) is 12.3. The molecule has 0 radical (unpaired) electrons. The molecule has 0 aromatic carbocycles. The number of carbonyl (C=O) groups excluding carboxylic acids is 1. The van der Waals surface area contributed by atoms with Crippen molar-refractivity contribution in [2.45, 2.75) is 33.6 Å². The van der Waals surface area contributed by atoms with E-state index >= 15 is 0 Å². The van der Waals surface area contributed by atoms with Crippen molar-refractivity contribution in [2.75, 3.05) is 6.26 Å². The van der Waals surface area contributed by atoms with Crippen LogP contribution >= 0.6 is 24.0 Å². The number of hydrazone groups is 1. The molecule has 0 amide bonds. The molecule has 0 unspecified atom stereocenters. The Morgan fingerprint density at radius 3 is 2.65 bits per heavy atom. The highest BCUT2D eigenvalue weighted by Gasteiger charge is 2.65. The molecule has 2 bridgehead atoms. The minimum atomic E-state index is -0.237. The van der Waals surface area contributed by atoms with E-state index in [1.54, 1.807) is 0 Å². The van der Waals surface area contributed by atoms with Gasteiger partial charge in [-0.1, -0.05) is 44.8 Å². The van der Waals surface area contributed by atoms with E-state index in [-0.39, 0.29) is 22.5 Å². The highest BCUT2D eigenvalue weighted by atomic mass is 32.2. The van der Waals surface area contributed by atoms with Crippen LogP contribution in [0, 0.1) is 16.7 Å². The summed E-state index contributed by atoms with van der Waals surface area (Å²) < 4.78 is 0.607. The lowest BCUT2D eigenvalue weighted by Crippen LogP contribution is -2.34. The molecule has 0 aliphatic heterocycles. The number of nitrogens with one attached hydrogen (secondary N) is 1. The lowest BCUT2D eigenvalue weighted by atomic mass is 9.70. The molecule has 17 heavy (non-hydrogen) atoms. The second kappa shape index (κ2) is 4.05. The molecule has 2 atom stereocenters. The number of thiocarbonyl (C=S) groups is 1. The lowest BCUT2D eigenvalue weighted by Gasteiger charge is -2.31. The van der Waals surface area contributed by atoms with Gasteiger partial charge in [-0.3, -0.25) is 10.2 Å². The first kappa shape index (κ1) is 13.0. The van der Waals surface area contributed by atoms with Crippen LogP contribution in [-0.2, 0) is 4.79 Å². The Labute approximate surface area is 112 Å². The first-order valence-electron chi connectivity index (χ1n) is 5.81. The molecular weight excluding hydrogens is 252 g/mol. The predicted molar refractivity (Wildman–Crippen MR) is 76.3 cm³/mol. The Hall–Kier alpha value is -0.420. The average molecular weight is 270 g/mol. The van der Waals surface area contributed by atoms with Crippen molar-refractivity contribution in [3.8, 4) is 0 Å². The van der Waals surface area contributed by atoms with E-state index in [0.29, 0.717) is 10.0 Å². The van der Waals surface area contributed by atoms with Gasteiger partial charge in [-0.2, -0.15) is 5.10 Å². The maximum atomic E-state index is 12.4. The molecule has 2 aliphatic carbocycles. The first-order chi connectivity index (χ1) is 7.84. The van der Waals surface area contributed by atoms with Gasteiger partial charge < -0.3 is 0 Å². The molecule has 0 aromatic heterocycles. The smallest absolute Gasteiger partial charge is 0.185 e. The lowest BCUT2D eigenvalue weighted by molar-refractivity contribution is -0.123. The van der Waals surface area contributed by atoms with Crippen molar-refractivity contribution >= 4 is 39.8 Å². The molecule has 3 nitrogen and oxygen atoms in total. The summed E-state index contributed by atoms with van der Waals surface area (Å²) in [6.45, 7) is 6.43. The van der Waals surface area contributed by atoms with Gasteiger partial charge in [0.2, 0.25) is 0 Å². The number of fused-ring (bicyclic) bond motifs is 2. The monoisotopic (exact) mass is 270 g/mol. The van der Waals surface area contributed by atoms with Crippen molar-refractivity contribution in [2.24, 2.45) is 21.8 Å². The van der Waals surface area contributed by atoms with Crippen molar-refractivity contribution in [3.63, 3.8) is 0 Å². The molecule has 2 saturated carbocycles. The zero-order valence-electron chi connectivity index (χ0n) is 10.7. The zero-order chi connectivity index (χ0) is 12.8. The maximum Gasteiger partial charge on any atom is 0.185 e. The largest absolute Gasteiger partial charge is 0.292 e. The number of thioether (sulfide) groups is 1. The van der Waals surface area contributed by atoms with Crippen molar-refractivity contribution in [1.82, 2.24) is 5.43 Å². The van der Waals surface area contributed by atoms with Crippen LogP contribution in [0.5, 0.6) is 0 Å². The Balaban J connectivity index is 2.29. The second-order valence-corrected chi connectivity index (χ2v) is 7.06. The Morgan fingerprint density at radius 2 is 2.18 bits per heavy atom. The highest BCUT2D eigenvalue weighted by molar-refractivity contribution is 8.22. The van der Waals surface area contributed by atoms with E-state index in [0.717, 1.165) is 12.8 Å². The number of Topliss-reactive ketones (excluding diaryl/α,β-unsaturated/α-hetero) is 1. The predicted octanol–water partition coefficient (Wildman–Crippen LogP) is 2.61. The highest BCUT2D eigenvalue weighted by Crippen LogP contribution is 2.62. The molecular formula is C12H18N2OS2. The molecule has 1 N–H and O–H groups in total. The van der Waals surface area contributed by atoms with E-state index < -0.39 is 0 Å². The summed E-state index contributed by atoms with van der Waals surface area (Å²) in [7, 11) is 0. The summed E-state index contributed by atoms with van der Waals surface area (Å²) in [6.07, 6.45) is 3.93. The number of hydrogen-bond acceptors (Lipinski definition) is 4. The molecule has 0 saturated heterocycles. The number of ketones is 1. The van der Waals surface area contributed by atoms with Gasteiger partial charge in [-0.05, 0) is 24.5 Å². The third kappa shape index (κ3) is 1.66. The molecule has 5 heteroatoms. The number of rotatable bonds is 1. The summed E-state index contributed by atoms with van der Waals surface area (Å²) in [5.41, 5.74) is 3.28. The van der Waals surface area contributed by atoms with Gasteiger partial charge in [0, 0.05) is 11.3 Å². The Kier molecular flexibility index (Phi) is 3.11. The van der Waals surface area contributed by atoms with Crippen molar-refractivity contribution in [3.05, 3.63) is 0 Å². The quantitative estimate of drug-likeness (QED) is 0.587. The summed E-state index contributed by atoms with van der Waals surface area (Å²) >= 11 is 6.46. The summed E-state index contributed by atoms with van der Waals surface area (Å²) in [6, 6.07) is 0. The van der Waals surface area contributed by atoms with Crippen LogP contribution in [-0.4, -0.2) is 22.1 Å². The summed E-state index contributed by atoms with van der Waals surface area (Å²) in [5.74, 6) is 0.479. The first-order valence-corrected chi connectivity index (χ1v) is 7.44. The van der Waals surface area contributed by atoms with Crippen LogP contribution < -0.4 is 5.43 Å². The van der Waals surface area contributed by atoms with Gasteiger partial charge in [0.1, 0.15) is 5.71 Å². The topological polar surface area (TPSA) is 41.5 Å². The van der Waals surface area contributed by atoms with Gasteiger partial charge in [0.25, 0.3) is 0 Å². The van der Waals surface area contributed by atoms with Gasteiger partial charge in [-0.15, -0.1) is 0 Å². The minimum absolute atomic E-state index is 0.0194. The minimum Gasteiger partial charge on any atom is -0.292 e. The van der Waals surface area contributed by atoms with Gasteiger partial charge >= 0.3 is 0 Å². The van der Waals surface area contributed by atoms with Crippen LogP contribution in [0.25, 0.3) is 0 Å². The molecule has 0 aromatic rings. The molecule has 94 valence electrons. The normalized spacial score (nSPS) is 36.6. The van der Waals surface area contributed by atoms with Crippen LogP contribution in [0.15, 0.2) is 5.10 Å². The van der Waals surface area contributed by atoms with Gasteiger partial charge in [-0.25, -0.2) is 0 Å². The summed E-state index contributed by atoms with van der Waals surface area (Å²) in [5, 5.41) is 4.25. The van der Waals surface area contributed by atoms with Crippen LogP contribution in [0.1, 0.15) is 33.6 Å². The second-order valence-electron chi connectivity index (χ2n) is 5.57. The van der Waals surface area contributed by atoms with Crippen LogP contribution in [0.2, 0.25) is 0 Å². The third-order valence-electron chi connectivity index (χ3n) is 4.74. The Morgan fingerprint density at radius 1 is 1.53 bits per heavy atom. The van der Waals surface area contributed by atoms with Gasteiger partial charge in [0.05, 0.1) is 0 Å². The fourth-order valence-electron chi connectivity index (χ4n) is 3.11. The summed E-state index contributed by atoms with van der Waals surface area (Å²) in [4.78, 5) is 12.4. The Bertz CT molecular complexity index is 417. The standard InChI is InChI=1S/C12H18N2OS2/c1-11(2)7-5-6-12(11,3)9(15)8(7)13-14-10(16)17-4/h7H,5-6H2,1-4H3,(H,14,16)/b13-8+/t7-,12+/m1/s1. The maximum absolute atomic E-state index is 12.4. The third-order valence-corrected chi connectivity index (χ3v) is 5.80. The van der Waals surface area contributed by atoms with E-state index in [4.69, 9.17) is 12.2 Å². The fourth-order valence-corrected chi connectivity index (χ4v) is 3.29. The molecule has 2 fully saturated rings. The van der Waals surface area contributed by atoms with Crippen molar-refractivity contribution < 1.29 is 4.79 Å². The number of nitrogens with zero attached hydrogens (tertiary/aromatic N) is 1. The molecule has 2 rings (SSSR count). The SMILES string of the molecule is CSC(=S)N/N=C1/C(=O)[C@]2(C)CC[C@H]1C2(C)C. The van der Waals surface area contributed by atoms with Crippen LogP contribution in [0.4, 0.5) is 0 Å². The van der Waals surface area contributed by atoms with Crippen molar-refractivity contribution in [1.29, 1.82) is 0 Å². The molecule has 2 aliphatic rings. The number of hydrogen-bond donors (Lipinski definition) is 1. The average Bonchev–Trinajstić information content (AvgIpc) is 2.59. The van der Waals surface area contributed by atoms with E-state index in [1.807, 2.05) is 6.26 Å². The van der Waals surface area contributed by atoms with Gasteiger partial charge in [0.15, 0.2) is 10.1 Å². The fraction of sp³-hybridized carbons (Fsp3) is 0.750. The van der Waals surface area contributed by atoms with E-state index in [9.17, 15) is 4.79 Å². The number of carbonyl (C=O) groups is 1. The van der Waals surface area contributed by atoms with E-state index in [2.05, 4.69) is 31.3 Å². The van der Waals surface area contributed by atoms with E-state index in [1.165, 1.54) is 11.8 Å². The molecule has 0 spiro atoms. The molecule has 0 heterocycles.